The van der Waals surface area contributed by atoms with Gasteiger partial charge in [-0.25, -0.2) is 4.39 Å². The zero-order valence-electron chi connectivity index (χ0n) is 5.83. The normalized spacial score (nSPS) is 35.1. The van der Waals surface area contributed by atoms with Gasteiger partial charge in [0.1, 0.15) is 6.17 Å². The van der Waals surface area contributed by atoms with E-state index in [0.29, 0.717) is 19.6 Å². The van der Waals surface area contributed by atoms with Crippen LogP contribution in [0.25, 0.3) is 0 Å². The Hall–Kier alpha value is -0.190. The molecule has 4 heteroatoms. The number of hydrogen-bond acceptors (Lipinski definition) is 3. The predicted octanol–water partition coefficient (Wildman–Crippen LogP) is -0.693. The van der Waals surface area contributed by atoms with Gasteiger partial charge < -0.3 is 10.8 Å². The van der Waals surface area contributed by atoms with Gasteiger partial charge in [0.2, 0.25) is 0 Å². The van der Waals surface area contributed by atoms with Crippen LogP contribution in [0.3, 0.4) is 0 Å². The fourth-order valence-corrected chi connectivity index (χ4v) is 1.34. The van der Waals surface area contributed by atoms with Crippen LogP contribution in [0.2, 0.25) is 0 Å². The average molecular weight is 148 g/mol. The fourth-order valence-electron chi connectivity index (χ4n) is 1.34. The molecule has 1 rings (SSSR count). The van der Waals surface area contributed by atoms with Crippen LogP contribution in [0.4, 0.5) is 4.39 Å². The van der Waals surface area contributed by atoms with E-state index in [1.54, 1.807) is 4.90 Å². The number of aliphatic hydroxyl groups is 1. The summed E-state index contributed by atoms with van der Waals surface area (Å²) in [7, 11) is 0. The monoisotopic (exact) mass is 148 g/mol. The molecule has 1 aliphatic rings. The molecule has 10 heavy (non-hydrogen) atoms. The molecular formula is C6H13FN2O. The summed E-state index contributed by atoms with van der Waals surface area (Å²) in [6.45, 7) is 0.727. The second-order valence-electron chi connectivity index (χ2n) is 2.62. The van der Waals surface area contributed by atoms with Crippen molar-refractivity contribution in [3.05, 3.63) is 0 Å². The average Bonchev–Trinajstić information content (AvgIpc) is 2.30. The van der Waals surface area contributed by atoms with Gasteiger partial charge >= 0.3 is 0 Å². The van der Waals surface area contributed by atoms with E-state index >= 15 is 0 Å². The number of nitrogens with two attached hydrogens (primary N) is 1. The SMILES string of the molecule is NCN1C[C@@H](F)C[C@@H]1CO. The molecule has 0 aromatic heterocycles. The summed E-state index contributed by atoms with van der Waals surface area (Å²) in [6.07, 6.45) is -0.381. The van der Waals surface area contributed by atoms with E-state index in [4.69, 9.17) is 10.8 Å². The topological polar surface area (TPSA) is 49.5 Å². The quantitative estimate of drug-likeness (QED) is 0.545. The molecule has 1 fully saturated rings. The Balaban J connectivity index is 2.41. The van der Waals surface area contributed by atoms with E-state index < -0.39 is 6.17 Å². The summed E-state index contributed by atoms with van der Waals surface area (Å²) < 4.78 is 12.6. The first-order valence-corrected chi connectivity index (χ1v) is 3.47. The molecule has 0 radical (unpaired) electrons. The highest BCUT2D eigenvalue weighted by atomic mass is 19.1. The summed E-state index contributed by atoms with van der Waals surface area (Å²) in [5, 5.41) is 8.72. The van der Waals surface area contributed by atoms with Gasteiger partial charge in [0, 0.05) is 19.3 Å². The zero-order valence-corrected chi connectivity index (χ0v) is 5.83. The number of halogens is 1. The molecule has 1 heterocycles. The molecule has 3 N–H and O–H groups in total. The standard InChI is InChI=1S/C6H13FN2O/c7-5-1-6(3-10)9(2-5)4-8/h5-6,10H,1-4,8H2/t5-,6+/m0/s1. The highest BCUT2D eigenvalue weighted by Crippen LogP contribution is 2.18. The van der Waals surface area contributed by atoms with Crippen molar-refractivity contribution in [3.8, 4) is 0 Å². The van der Waals surface area contributed by atoms with Crippen LogP contribution in [0.15, 0.2) is 0 Å². The number of alkyl halides is 1. The van der Waals surface area contributed by atoms with Crippen LogP contribution < -0.4 is 5.73 Å². The van der Waals surface area contributed by atoms with Gasteiger partial charge in [-0.1, -0.05) is 0 Å². The van der Waals surface area contributed by atoms with Gasteiger partial charge in [0.05, 0.1) is 6.61 Å². The molecule has 0 bridgehead atoms. The lowest BCUT2D eigenvalue weighted by Crippen LogP contribution is -2.36. The van der Waals surface area contributed by atoms with E-state index in [0.717, 1.165) is 0 Å². The van der Waals surface area contributed by atoms with Crippen molar-refractivity contribution in [2.45, 2.75) is 18.6 Å². The van der Waals surface area contributed by atoms with Crippen molar-refractivity contribution in [3.63, 3.8) is 0 Å². The molecule has 0 spiro atoms. The zero-order chi connectivity index (χ0) is 7.56. The molecule has 0 aliphatic carbocycles. The third kappa shape index (κ3) is 1.45. The van der Waals surface area contributed by atoms with Crippen molar-refractivity contribution in [2.75, 3.05) is 19.8 Å². The van der Waals surface area contributed by atoms with Crippen molar-refractivity contribution in [1.82, 2.24) is 4.90 Å². The predicted molar refractivity (Wildman–Crippen MR) is 36.1 cm³/mol. The minimum atomic E-state index is -0.805. The Kier molecular flexibility index (Phi) is 2.59. The highest BCUT2D eigenvalue weighted by molar-refractivity contribution is 4.83. The first-order chi connectivity index (χ1) is 4.77. The molecule has 1 saturated heterocycles. The minimum absolute atomic E-state index is 0.0115. The van der Waals surface area contributed by atoms with Gasteiger partial charge in [-0.3, -0.25) is 4.90 Å². The molecule has 0 unspecified atom stereocenters. The molecule has 0 amide bonds. The largest absolute Gasteiger partial charge is 0.395 e. The van der Waals surface area contributed by atoms with Gasteiger partial charge in [-0.15, -0.1) is 0 Å². The van der Waals surface area contributed by atoms with E-state index in [9.17, 15) is 4.39 Å². The van der Waals surface area contributed by atoms with Crippen LogP contribution >= 0.6 is 0 Å². The van der Waals surface area contributed by atoms with Crippen LogP contribution in [-0.2, 0) is 0 Å². The maximum atomic E-state index is 12.6. The Morgan fingerprint density at radius 3 is 2.80 bits per heavy atom. The lowest BCUT2D eigenvalue weighted by atomic mass is 10.2. The second kappa shape index (κ2) is 3.27. The molecule has 0 aromatic rings. The molecule has 2 atom stereocenters. The van der Waals surface area contributed by atoms with Gasteiger partial charge in [0.15, 0.2) is 0 Å². The Labute approximate surface area is 59.6 Å². The van der Waals surface area contributed by atoms with Gasteiger partial charge in [-0.05, 0) is 6.42 Å². The van der Waals surface area contributed by atoms with Gasteiger partial charge in [0.25, 0.3) is 0 Å². The first kappa shape index (κ1) is 7.91. The van der Waals surface area contributed by atoms with E-state index in [-0.39, 0.29) is 12.6 Å². The second-order valence-corrected chi connectivity index (χ2v) is 2.62. The Bertz CT molecular complexity index is 99.9. The lowest BCUT2D eigenvalue weighted by molar-refractivity contribution is 0.161. The summed E-state index contributed by atoms with van der Waals surface area (Å²) >= 11 is 0. The maximum Gasteiger partial charge on any atom is 0.114 e. The minimum Gasteiger partial charge on any atom is -0.395 e. The lowest BCUT2D eigenvalue weighted by Gasteiger charge is -2.18. The van der Waals surface area contributed by atoms with E-state index in [1.165, 1.54) is 0 Å². The molecule has 3 nitrogen and oxygen atoms in total. The molecule has 0 saturated carbocycles. The third-order valence-corrected chi connectivity index (χ3v) is 1.92. The first-order valence-electron chi connectivity index (χ1n) is 3.47. The number of nitrogens with zero attached hydrogens (tertiary/aromatic N) is 1. The van der Waals surface area contributed by atoms with Crippen LogP contribution in [0.1, 0.15) is 6.42 Å². The van der Waals surface area contributed by atoms with Crippen LogP contribution in [0.5, 0.6) is 0 Å². The molecule has 0 aromatic carbocycles. The van der Waals surface area contributed by atoms with E-state index in [1.807, 2.05) is 0 Å². The Morgan fingerprint density at radius 1 is 1.70 bits per heavy atom. The van der Waals surface area contributed by atoms with Crippen LogP contribution in [-0.4, -0.2) is 42.0 Å². The van der Waals surface area contributed by atoms with Gasteiger partial charge in [-0.2, -0.15) is 0 Å². The number of aliphatic hydroxyl groups excluding tert-OH is 1. The highest BCUT2D eigenvalue weighted by Gasteiger charge is 2.30. The molecular weight excluding hydrogens is 135 g/mol. The number of likely N-dealkylation sites (tertiary alicyclic amines) is 1. The molecule has 1 aliphatic heterocycles. The Morgan fingerprint density at radius 2 is 2.40 bits per heavy atom. The smallest absolute Gasteiger partial charge is 0.114 e. The van der Waals surface area contributed by atoms with Crippen molar-refractivity contribution < 1.29 is 9.50 Å². The summed E-state index contributed by atoms with van der Waals surface area (Å²) in [5.74, 6) is 0. The van der Waals surface area contributed by atoms with Crippen LogP contribution in [0, 0.1) is 0 Å². The molecule has 60 valence electrons. The summed E-state index contributed by atoms with van der Waals surface area (Å²) in [6, 6.07) is -0.0556. The number of rotatable bonds is 2. The maximum absolute atomic E-state index is 12.6. The summed E-state index contributed by atoms with van der Waals surface area (Å²) in [5.41, 5.74) is 5.31. The number of hydrogen-bond donors (Lipinski definition) is 2. The fraction of sp³-hybridized carbons (Fsp3) is 1.00. The third-order valence-electron chi connectivity index (χ3n) is 1.92. The van der Waals surface area contributed by atoms with Crippen molar-refractivity contribution in [1.29, 1.82) is 0 Å². The summed E-state index contributed by atoms with van der Waals surface area (Å²) in [4.78, 5) is 1.75. The van der Waals surface area contributed by atoms with Crippen molar-refractivity contribution in [2.24, 2.45) is 5.73 Å². The van der Waals surface area contributed by atoms with Crippen molar-refractivity contribution >= 4 is 0 Å². The van der Waals surface area contributed by atoms with E-state index in [2.05, 4.69) is 0 Å².